The molecule has 1 saturated heterocycles. The molecule has 5 aromatic rings. The second-order valence-corrected chi connectivity index (χ2v) is 18.3. The average Bonchev–Trinajstić information content (AvgIpc) is 3.94. The Hall–Kier alpha value is -5.95. The highest BCUT2D eigenvalue weighted by atomic mass is 32.2. The highest BCUT2D eigenvalue weighted by molar-refractivity contribution is 7.98. The Morgan fingerprint density at radius 1 is 0.683 bits per heavy atom. The maximum Gasteiger partial charge on any atom is 0.311 e. The predicted octanol–water partition coefficient (Wildman–Crippen LogP) is 6.34. The van der Waals surface area contributed by atoms with Crippen LogP contribution in [-0.2, 0) is 43.4 Å². The molecule has 2 atom stereocenters. The molecular weight excluding hydrogens is 855 g/mol. The molecular formula is C44H48F2N8O7S2. The van der Waals surface area contributed by atoms with Gasteiger partial charge in [-0.2, -0.15) is 0 Å². The summed E-state index contributed by atoms with van der Waals surface area (Å²) in [5, 5.41) is 3.52. The lowest BCUT2D eigenvalue weighted by molar-refractivity contribution is -0.159. The van der Waals surface area contributed by atoms with Gasteiger partial charge in [-0.25, -0.2) is 43.4 Å². The van der Waals surface area contributed by atoms with Gasteiger partial charge in [-0.1, -0.05) is 47.8 Å². The number of esters is 2. The molecule has 0 bridgehead atoms. The van der Waals surface area contributed by atoms with E-state index >= 15 is 0 Å². The number of aromatic nitrogens is 6. The zero-order valence-electron chi connectivity index (χ0n) is 36.1. The van der Waals surface area contributed by atoms with Gasteiger partial charge in [-0.05, 0) is 102 Å². The number of nitrogens with zero attached hydrogens (tertiary/aromatic N) is 8. The second-order valence-electron chi connectivity index (χ2n) is 16.8. The number of fused-ring (bicyclic) bond motifs is 1. The molecule has 0 saturated carbocycles. The van der Waals surface area contributed by atoms with Crippen molar-refractivity contribution in [1.82, 2.24) is 39.3 Å². The average molecular weight is 903 g/mol. The van der Waals surface area contributed by atoms with Crippen LogP contribution in [0.15, 0.2) is 88.2 Å². The highest BCUT2D eigenvalue weighted by Crippen LogP contribution is 2.33. The van der Waals surface area contributed by atoms with Crippen LogP contribution in [0.1, 0.15) is 57.6 Å². The van der Waals surface area contributed by atoms with Crippen LogP contribution in [0, 0.1) is 22.5 Å². The van der Waals surface area contributed by atoms with Crippen molar-refractivity contribution >= 4 is 47.3 Å². The van der Waals surface area contributed by atoms with Gasteiger partial charge in [0.2, 0.25) is 5.91 Å². The Balaban J connectivity index is 0.000000210. The Morgan fingerprint density at radius 3 is 1.76 bits per heavy atom. The summed E-state index contributed by atoms with van der Waals surface area (Å²) in [6.07, 6.45) is 5.61. The monoisotopic (exact) mass is 902 g/mol. The Labute approximate surface area is 371 Å². The maximum atomic E-state index is 13.5. The number of rotatable bonds is 9. The molecule has 2 aliphatic rings. The highest BCUT2D eigenvalue weighted by Gasteiger charge is 2.41. The maximum absolute atomic E-state index is 13.5. The fraction of sp³-hybridized carbons (Fsp3) is 0.386. The van der Waals surface area contributed by atoms with Gasteiger partial charge in [0.25, 0.3) is 11.5 Å². The number of carbonyl (C=O) groups is 4. The lowest BCUT2D eigenvalue weighted by Crippen LogP contribution is -2.45. The fourth-order valence-corrected chi connectivity index (χ4v) is 7.26. The third kappa shape index (κ3) is 11.0. The van der Waals surface area contributed by atoms with E-state index in [0.717, 1.165) is 0 Å². The van der Waals surface area contributed by atoms with Crippen LogP contribution in [0.25, 0.3) is 22.5 Å². The zero-order valence-corrected chi connectivity index (χ0v) is 37.8. The number of carbonyl (C=O) groups excluding carboxylic acids is 4. The van der Waals surface area contributed by atoms with Gasteiger partial charge in [0.15, 0.2) is 10.3 Å². The molecule has 7 rings (SSSR count). The van der Waals surface area contributed by atoms with Gasteiger partial charge in [-0.15, -0.1) is 0 Å². The number of hydrogen-bond donors (Lipinski definition) is 0. The van der Waals surface area contributed by atoms with Gasteiger partial charge >= 0.3 is 11.9 Å². The van der Waals surface area contributed by atoms with Crippen LogP contribution < -0.4 is 5.56 Å². The molecule has 15 nitrogen and oxygen atoms in total. The number of hydrazine groups is 1. The molecule has 1 fully saturated rings. The van der Waals surface area contributed by atoms with Crippen molar-refractivity contribution in [2.75, 3.05) is 25.6 Å². The quantitative estimate of drug-likeness (QED) is 0.0912. The largest absolute Gasteiger partial charge is 0.458 e. The van der Waals surface area contributed by atoms with E-state index in [0.29, 0.717) is 44.9 Å². The molecule has 0 radical (unpaired) electrons. The number of hydrogen-bond acceptors (Lipinski definition) is 13. The molecule has 5 heterocycles. The summed E-state index contributed by atoms with van der Waals surface area (Å²) in [6.45, 7) is 11.2. The lowest BCUT2D eigenvalue weighted by atomic mass is 9.97. The normalized spacial score (nSPS) is 16.0. The summed E-state index contributed by atoms with van der Waals surface area (Å²) in [5.74, 6) is -2.39. The minimum Gasteiger partial charge on any atom is -0.458 e. The SMILES string of the molecule is CSc1nccc(-c2c(-c3ccc(F)cc3)c(=O)n3n2CC(OC(=O)C(C)(C)C)C3)n1.CSc1nccc(C(=O)N2CC(OC(=O)C(C)(C)C)CN2C(=O)Cc2ccc(F)cc2)n1. The van der Waals surface area contributed by atoms with Gasteiger partial charge in [0, 0.05) is 12.4 Å². The van der Waals surface area contributed by atoms with Crippen molar-refractivity contribution in [2.45, 2.75) is 83.6 Å². The molecule has 0 aliphatic carbocycles. The first kappa shape index (κ1) is 46.6. The number of ether oxygens (including phenoxy) is 2. The molecule has 2 amide bonds. The van der Waals surface area contributed by atoms with Crippen molar-refractivity contribution in [1.29, 1.82) is 0 Å². The summed E-state index contributed by atoms with van der Waals surface area (Å²) in [6, 6.07) is 14.6. The third-order valence-electron chi connectivity index (χ3n) is 9.82. The second kappa shape index (κ2) is 19.2. The van der Waals surface area contributed by atoms with E-state index in [1.54, 1.807) is 81.6 Å². The van der Waals surface area contributed by atoms with Crippen LogP contribution in [0.2, 0.25) is 0 Å². The first-order chi connectivity index (χ1) is 29.8. The van der Waals surface area contributed by atoms with E-state index < -0.39 is 40.7 Å². The summed E-state index contributed by atoms with van der Waals surface area (Å²) in [5.41, 5.74) is 1.36. The molecule has 332 valence electrons. The summed E-state index contributed by atoms with van der Waals surface area (Å²) in [4.78, 5) is 81.4. The first-order valence-electron chi connectivity index (χ1n) is 19.9. The molecule has 63 heavy (non-hydrogen) atoms. The standard InChI is InChI=1S/C22H25FN4O4S.C22H23FN4O3S/c1-22(2,3)20(30)31-16-12-26(18(28)11-14-5-7-15(23)8-6-14)27(13-16)19(29)17-9-10-24-21(25-17)32-4;1-22(2,3)20(29)30-15-11-26-18(16-9-10-24-21(25-16)31-4)17(19(28)27(26)12-15)13-5-7-14(23)8-6-13/h5-10,16H,11-13H2,1-4H3;5-10,15H,11-12H2,1-4H3. The zero-order chi connectivity index (χ0) is 45.8. The van der Waals surface area contributed by atoms with Gasteiger partial charge in [-0.3, -0.25) is 28.7 Å². The number of amides is 2. The van der Waals surface area contributed by atoms with E-state index in [2.05, 4.69) is 19.9 Å². The van der Waals surface area contributed by atoms with Crippen molar-refractivity contribution in [3.05, 3.63) is 106 Å². The van der Waals surface area contributed by atoms with Gasteiger partial charge in [0.05, 0.1) is 60.4 Å². The van der Waals surface area contributed by atoms with Crippen molar-refractivity contribution in [3.8, 4) is 22.5 Å². The summed E-state index contributed by atoms with van der Waals surface area (Å²) < 4.78 is 41.3. The minimum atomic E-state index is -0.722. The summed E-state index contributed by atoms with van der Waals surface area (Å²) >= 11 is 2.69. The van der Waals surface area contributed by atoms with Crippen LogP contribution in [-0.4, -0.2) is 101 Å². The molecule has 2 aliphatic heterocycles. The molecule has 3 aromatic heterocycles. The minimum absolute atomic E-state index is 0.0222. The first-order valence-corrected chi connectivity index (χ1v) is 22.3. The van der Waals surface area contributed by atoms with Gasteiger partial charge < -0.3 is 9.47 Å². The summed E-state index contributed by atoms with van der Waals surface area (Å²) in [7, 11) is 0. The number of thioether (sulfide) groups is 2. The van der Waals surface area contributed by atoms with E-state index in [1.807, 2.05) is 6.26 Å². The molecule has 2 aromatic carbocycles. The number of halogens is 2. The molecule has 0 N–H and O–H groups in total. The predicted molar refractivity (Wildman–Crippen MR) is 232 cm³/mol. The van der Waals surface area contributed by atoms with Crippen molar-refractivity contribution < 1.29 is 37.4 Å². The van der Waals surface area contributed by atoms with Crippen molar-refractivity contribution in [2.24, 2.45) is 10.8 Å². The topological polar surface area (TPSA) is 172 Å². The van der Waals surface area contributed by atoms with Crippen molar-refractivity contribution in [3.63, 3.8) is 0 Å². The van der Waals surface area contributed by atoms with E-state index in [-0.39, 0.29) is 55.0 Å². The van der Waals surface area contributed by atoms with E-state index in [1.165, 1.54) is 82.2 Å². The van der Waals surface area contributed by atoms with E-state index in [4.69, 9.17) is 9.47 Å². The van der Waals surface area contributed by atoms with E-state index in [9.17, 15) is 32.8 Å². The Bertz CT molecular complexity index is 2560. The lowest BCUT2D eigenvalue weighted by Gasteiger charge is -2.27. The molecule has 2 unspecified atom stereocenters. The van der Waals surface area contributed by atoms with Crippen LogP contribution in [0.4, 0.5) is 8.78 Å². The Kier molecular flexibility index (Phi) is 14.2. The third-order valence-corrected chi connectivity index (χ3v) is 10.9. The van der Waals surface area contributed by atoms with Crippen LogP contribution >= 0.6 is 23.5 Å². The molecule has 0 spiro atoms. The molecule has 19 heteroatoms. The smallest absolute Gasteiger partial charge is 0.311 e. The number of benzene rings is 2. The fourth-order valence-electron chi connectivity index (χ4n) is 6.55. The van der Waals surface area contributed by atoms with Gasteiger partial charge in [0.1, 0.15) is 29.5 Å². The van der Waals surface area contributed by atoms with Crippen LogP contribution in [0.5, 0.6) is 0 Å². The van der Waals surface area contributed by atoms with Crippen LogP contribution in [0.3, 0.4) is 0 Å². The Morgan fingerprint density at radius 2 is 1.19 bits per heavy atom.